The molecule has 3 N–H and O–H groups in total. The van der Waals surface area contributed by atoms with Gasteiger partial charge < -0.3 is 15.1 Å². The van der Waals surface area contributed by atoms with Crippen molar-refractivity contribution in [2.24, 2.45) is 5.73 Å². The number of nitrogens with two attached hydrogens (primary N) is 1. The summed E-state index contributed by atoms with van der Waals surface area (Å²) < 4.78 is 5.67. The lowest BCUT2D eigenvalue weighted by atomic mass is 10.2. The van der Waals surface area contributed by atoms with Crippen LogP contribution in [0, 0.1) is 0 Å². The van der Waals surface area contributed by atoms with Crippen LogP contribution < -0.4 is 5.73 Å². The Morgan fingerprint density at radius 1 is 1.33 bits per heavy atom. The first-order chi connectivity index (χ1) is 8.76. The van der Waals surface area contributed by atoms with Crippen LogP contribution in [0.5, 0.6) is 0 Å². The lowest BCUT2D eigenvalue weighted by molar-refractivity contribution is 0.449. The average Bonchev–Trinajstić information content (AvgIpc) is 2.86. The van der Waals surface area contributed by atoms with E-state index in [4.69, 9.17) is 10.2 Å². The number of rotatable bonds is 2. The summed E-state index contributed by atoms with van der Waals surface area (Å²) in [6, 6.07) is 3.84. The molecule has 1 aliphatic rings. The Balaban J connectivity index is 1.85. The standard InChI is InChI=1S/C12H11N5O/c13-12(3-4-12)11-17-16-10(18-11)8-6-15-9-7(8)2-1-5-14-9/h1-2,5-6H,3-4,13H2,(H,14,15). The summed E-state index contributed by atoms with van der Waals surface area (Å²) in [5.41, 5.74) is 7.31. The first kappa shape index (κ1) is 9.78. The molecule has 0 radical (unpaired) electrons. The molecule has 0 aliphatic heterocycles. The van der Waals surface area contributed by atoms with Crippen molar-refractivity contribution in [1.82, 2.24) is 20.2 Å². The number of hydrogen-bond donors (Lipinski definition) is 2. The minimum atomic E-state index is -0.393. The molecule has 0 amide bonds. The number of nitrogens with zero attached hydrogens (tertiary/aromatic N) is 3. The average molecular weight is 241 g/mol. The summed E-state index contributed by atoms with van der Waals surface area (Å²) in [7, 11) is 0. The van der Waals surface area contributed by atoms with Gasteiger partial charge in [-0.15, -0.1) is 10.2 Å². The van der Waals surface area contributed by atoms with Crippen molar-refractivity contribution in [3.63, 3.8) is 0 Å². The Kier molecular flexibility index (Phi) is 1.72. The SMILES string of the molecule is NC1(c2nnc(-c3c[nH]c4ncccc34)o2)CC1. The number of hydrogen-bond acceptors (Lipinski definition) is 5. The predicted molar refractivity (Wildman–Crippen MR) is 64.5 cm³/mol. The van der Waals surface area contributed by atoms with E-state index in [9.17, 15) is 0 Å². The second kappa shape index (κ2) is 3.17. The van der Waals surface area contributed by atoms with Gasteiger partial charge in [0, 0.05) is 17.8 Å². The summed E-state index contributed by atoms with van der Waals surface area (Å²) in [6.45, 7) is 0. The normalized spacial score (nSPS) is 17.2. The second-order valence-electron chi connectivity index (χ2n) is 4.67. The summed E-state index contributed by atoms with van der Waals surface area (Å²) in [5, 5.41) is 9.07. The molecule has 6 nitrogen and oxygen atoms in total. The number of pyridine rings is 1. The Bertz CT molecular complexity index is 725. The van der Waals surface area contributed by atoms with E-state index in [0.717, 1.165) is 29.4 Å². The van der Waals surface area contributed by atoms with Crippen LogP contribution in [0.1, 0.15) is 18.7 Å². The van der Waals surface area contributed by atoms with E-state index in [2.05, 4.69) is 20.2 Å². The highest BCUT2D eigenvalue weighted by atomic mass is 16.4. The smallest absolute Gasteiger partial charge is 0.250 e. The largest absolute Gasteiger partial charge is 0.419 e. The van der Waals surface area contributed by atoms with Gasteiger partial charge in [-0.3, -0.25) is 0 Å². The number of fused-ring (bicyclic) bond motifs is 1. The van der Waals surface area contributed by atoms with Crippen LogP contribution in [-0.4, -0.2) is 20.2 Å². The highest BCUT2D eigenvalue weighted by Gasteiger charge is 2.45. The third-order valence-electron chi connectivity index (χ3n) is 3.32. The van der Waals surface area contributed by atoms with Crippen molar-refractivity contribution in [3.8, 4) is 11.5 Å². The van der Waals surface area contributed by atoms with Crippen molar-refractivity contribution < 1.29 is 4.42 Å². The molecule has 1 fully saturated rings. The topological polar surface area (TPSA) is 93.6 Å². The lowest BCUT2D eigenvalue weighted by Crippen LogP contribution is -2.18. The Labute approximate surface area is 102 Å². The molecule has 0 saturated heterocycles. The monoisotopic (exact) mass is 241 g/mol. The maximum Gasteiger partial charge on any atom is 0.250 e. The molecule has 4 rings (SSSR count). The van der Waals surface area contributed by atoms with Gasteiger partial charge in [0.15, 0.2) is 0 Å². The van der Waals surface area contributed by atoms with Crippen LogP contribution in [0.4, 0.5) is 0 Å². The van der Waals surface area contributed by atoms with Crippen molar-refractivity contribution in [2.45, 2.75) is 18.4 Å². The maximum atomic E-state index is 6.03. The molecular formula is C12H11N5O. The number of aromatic amines is 1. The Hall–Kier alpha value is -2.21. The Morgan fingerprint density at radius 2 is 2.22 bits per heavy atom. The first-order valence-electron chi connectivity index (χ1n) is 5.82. The van der Waals surface area contributed by atoms with Gasteiger partial charge >= 0.3 is 0 Å². The second-order valence-corrected chi connectivity index (χ2v) is 4.67. The molecule has 3 aromatic rings. The predicted octanol–water partition coefficient (Wildman–Crippen LogP) is 1.56. The van der Waals surface area contributed by atoms with Crippen LogP contribution in [0.3, 0.4) is 0 Å². The molecule has 18 heavy (non-hydrogen) atoms. The van der Waals surface area contributed by atoms with E-state index < -0.39 is 5.54 Å². The van der Waals surface area contributed by atoms with E-state index in [1.165, 1.54) is 0 Å². The first-order valence-corrected chi connectivity index (χ1v) is 5.82. The zero-order valence-electron chi connectivity index (χ0n) is 9.55. The molecule has 0 spiro atoms. The van der Waals surface area contributed by atoms with Gasteiger partial charge in [-0.05, 0) is 25.0 Å². The van der Waals surface area contributed by atoms with Gasteiger partial charge in [0.05, 0.1) is 11.1 Å². The van der Waals surface area contributed by atoms with Crippen LogP contribution >= 0.6 is 0 Å². The Morgan fingerprint density at radius 3 is 3.06 bits per heavy atom. The zero-order chi connectivity index (χ0) is 12.2. The van der Waals surface area contributed by atoms with Gasteiger partial charge in [0.1, 0.15) is 5.65 Å². The molecule has 0 aromatic carbocycles. The number of H-pyrrole nitrogens is 1. The summed E-state index contributed by atoms with van der Waals surface area (Å²) in [4.78, 5) is 7.31. The molecule has 3 heterocycles. The van der Waals surface area contributed by atoms with Crippen molar-refractivity contribution in [3.05, 3.63) is 30.4 Å². The van der Waals surface area contributed by atoms with Crippen LogP contribution in [0.2, 0.25) is 0 Å². The quantitative estimate of drug-likeness (QED) is 0.710. The summed E-state index contributed by atoms with van der Waals surface area (Å²) in [6.07, 6.45) is 5.38. The van der Waals surface area contributed by atoms with Gasteiger partial charge in [-0.25, -0.2) is 4.98 Å². The van der Waals surface area contributed by atoms with Gasteiger partial charge in [-0.1, -0.05) is 0 Å². The summed E-state index contributed by atoms with van der Waals surface area (Å²) in [5.74, 6) is 1.01. The summed E-state index contributed by atoms with van der Waals surface area (Å²) >= 11 is 0. The van der Waals surface area contributed by atoms with E-state index in [-0.39, 0.29) is 0 Å². The fourth-order valence-electron chi connectivity index (χ4n) is 2.01. The highest BCUT2D eigenvalue weighted by Crippen LogP contribution is 2.42. The van der Waals surface area contributed by atoms with Gasteiger partial charge in [0.2, 0.25) is 11.8 Å². The highest BCUT2D eigenvalue weighted by molar-refractivity contribution is 5.90. The molecule has 0 bridgehead atoms. The molecule has 3 aromatic heterocycles. The third kappa shape index (κ3) is 1.29. The number of nitrogens with one attached hydrogen (secondary N) is 1. The van der Waals surface area contributed by atoms with E-state index in [0.29, 0.717) is 11.8 Å². The minimum Gasteiger partial charge on any atom is -0.419 e. The van der Waals surface area contributed by atoms with Crippen LogP contribution in [0.15, 0.2) is 28.9 Å². The maximum absolute atomic E-state index is 6.03. The van der Waals surface area contributed by atoms with E-state index >= 15 is 0 Å². The molecular weight excluding hydrogens is 230 g/mol. The van der Waals surface area contributed by atoms with Crippen molar-refractivity contribution in [1.29, 1.82) is 0 Å². The lowest BCUT2D eigenvalue weighted by Gasteiger charge is -1.98. The molecule has 90 valence electrons. The van der Waals surface area contributed by atoms with E-state index in [1.807, 2.05) is 18.3 Å². The minimum absolute atomic E-state index is 0.393. The van der Waals surface area contributed by atoms with Crippen LogP contribution in [0.25, 0.3) is 22.5 Å². The fourth-order valence-corrected chi connectivity index (χ4v) is 2.01. The zero-order valence-corrected chi connectivity index (χ0v) is 9.55. The van der Waals surface area contributed by atoms with E-state index in [1.54, 1.807) is 6.20 Å². The van der Waals surface area contributed by atoms with Gasteiger partial charge in [-0.2, -0.15) is 0 Å². The molecule has 1 aliphatic carbocycles. The van der Waals surface area contributed by atoms with Crippen molar-refractivity contribution >= 4 is 11.0 Å². The van der Waals surface area contributed by atoms with Crippen molar-refractivity contribution in [2.75, 3.05) is 0 Å². The fraction of sp³-hybridized carbons (Fsp3) is 0.250. The molecule has 6 heteroatoms. The third-order valence-corrected chi connectivity index (χ3v) is 3.32. The van der Waals surface area contributed by atoms with Gasteiger partial charge in [0.25, 0.3) is 0 Å². The molecule has 0 atom stereocenters. The molecule has 0 unspecified atom stereocenters. The van der Waals surface area contributed by atoms with Crippen LogP contribution in [-0.2, 0) is 5.54 Å². The number of aromatic nitrogens is 4. The molecule has 1 saturated carbocycles.